The molecule has 2 aromatic rings. The van der Waals surface area contributed by atoms with E-state index in [1.165, 1.54) is 0 Å². The van der Waals surface area contributed by atoms with Crippen molar-refractivity contribution < 1.29 is 31.3 Å². The van der Waals surface area contributed by atoms with Crippen LogP contribution in [0.1, 0.15) is 10.4 Å². The molecule has 2 aromatic carbocycles. The molecule has 0 aromatic heterocycles. The number of carbonyl (C=O) groups is 1. The quantitative estimate of drug-likeness (QED) is 0.787. The monoisotopic (exact) mass is 347 g/mol. The van der Waals surface area contributed by atoms with Crippen molar-refractivity contribution in [3.63, 3.8) is 0 Å². The first-order chi connectivity index (χ1) is 10.2. The summed E-state index contributed by atoms with van der Waals surface area (Å²) in [6.45, 7) is 0. The average molecular weight is 348 g/mol. The molecule has 0 N–H and O–H groups in total. The minimum atomic E-state index is -4.61. The van der Waals surface area contributed by atoms with Gasteiger partial charge in [0.25, 0.3) is 0 Å². The van der Waals surface area contributed by atoms with Gasteiger partial charge in [-0.05, 0) is 35.9 Å². The van der Waals surface area contributed by atoms with E-state index in [1.54, 1.807) is 0 Å². The number of carbonyl (C=O) groups excluding carboxylic acids is 1. The molecule has 22 heavy (non-hydrogen) atoms. The SMILES string of the molecule is O=C([O-])c1ccc(OS(=O)(=O)c2ccc(F)cc2F)c(Cl)c1. The Kier molecular flexibility index (Phi) is 4.34. The second kappa shape index (κ2) is 5.90. The van der Waals surface area contributed by atoms with Crippen LogP contribution in [0.2, 0.25) is 5.02 Å². The molecule has 2 rings (SSSR count). The first kappa shape index (κ1) is 16.2. The van der Waals surface area contributed by atoms with Crippen LogP contribution in [0.4, 0.5) is 8.78 Å². The van der Waals surface area contributed by atoms with Crippen LogP contribution in [0.5, 0.6) is 5.75 Å². The number of carboxylic acids is 1. The van der Waals surface area contributed by atoms with Gasteiger partial charge >= 0.3 is 10.1 Å². The summed E-state index contributed by atoms with van der Waals surface area (Å²) in [5.41, 5.74) is -0.289. The molecule has 5 nitrogen and oxygen atoms in total. The molecule has 0 saturated carbocycles. The summed E-state index contributed by atoms with van der Waals surface area (Å²) >= 11 is 5.70. The van der Waals surface area contributed by atoms with Crippen LogP contribution in [0, 0.1) is 11.6 Å². The van der Waals surface area contributed by atoms with Crippen LogP contribution in [-0.2, 0) is 10.1 Å². The maximum atomic E-state index is 13.5. The molecule has 0 radical (unpaired) electrons. The Balaban J connectivity index is 2.39. The standard InChI is InChI=1S/C13H7ClF2O5S/c14-9-5-7(13(17)18)1-3-11(9)21-22(19,20)12-4-2-8(15)6-10(12)16/h1-6H,(H,17,18)/p-1. The molecular formula is C13H6ClF2O5S-. The van der Waals surface area contributed by atoms with Gasteiger partial charge in [0.05, 0.1) is 11.0 Å². The van der Waals surface area contributed by atoms with Crippen molar-refractivity contribution in [2.24, 2.45) is 0 Å². The molecular weight excluding hydrogens is 342 g/mol. The van der Waals surface area contributed by atoms with Gasteiger partial charge in [0.1, 0.15) is 16.5 Å². The Hall–Kier alpha value is -2.19. The second-order valence-corrected chi connectivity index (χ2v) is 5.97. The zero-order valence-electron chi connectivity index (χ0n) is 10.5. The zero-order valence-corrected chi connectivity index (χ0v) is 12.1. The Labute approximate surface area is 128 Å². The van der Waals surface area contributed by atoms with Gasteiger partial charge in [-0.25, -0.2) is 8.78 Å². The third kappa shape index (κ3) is 3.34. The smallest absolute Gasteiger partial charge is 0.342 e. The highest BCUT2D eigenvalue weighted by molar-refractivity contribution is 7.87. The Morgan fingerprint density at radius 3 is 2.36 bits per heavy atom. The minimum Gasteiger partial charge on any atom is -0.545 e. The van der Waals surface area contributed by atoms with E-state index in [0.29, 0.717) is 12.1 Å². The lowest BCUT2D eigenvalue weighted by molar-refractivity contribution is -0.255. The number of rotatable bonds is 4. The fraction of sp³-hybridized carbons (Fsp3) is 0. The topological polar surface area (TPSA) is 83.5 Å². The summed E-state index contributed by atoms with van der Waals surface area (Å²) in [4.78, 5) is 9.75. The summed E-state index contributed by atoms with van der Waals surface area (Å²) in [7, 11) is -4.61. The maximum absolute atomic E-state index is 13.5. The van der Waals surface area contributed by atoms with Crippen molar-refractivity contribution in [3.8, 4) is 5.75 Å². The Morgan fingerprint density at radius 2 is 1.82 bits per heavy atom. The molecule has 0 aliphatic heterocycles. The van der Waals surface area contributed by atoms with E-state index in [2.05, 4.69) is 4.18 Å². The number of carboxylic acid groups (broad SMARTS) is 1. The first-order valence-corrected chi connectivity index (χ1v) is 7.40. The number of aromatic carboxylic acids is 1. The lowest BCUT2D eigenvalue weighted by Crippen LogP contribution is -2.22. The lowest BCUT2D eigenvalue weighted by Gasteiger charge is -2.10. The van der Waals surface area contributed by atoms with E-state index in [4.69, 9.17) is 11.6 Å². The summed E-state index contributed by atoms with van der Waals surface area (Å²) in [5, 5.41) is 10.3. The van der Waals surface area contributed by atoms with Gasteiger partial charge < -0.3 is 14.1 Å². The highest BCUT2D eigenvalue weighted by Gasteiger charge is 2.23. The molecule has 0 saturated heterocycles. The Bertz CT molecular complexity index is 852. The zero-order chi connectivity index (χ0) is 16.5. The number of benzene rings is 2. The number of hydrogen-bond acceptors (Lipinski definition) is 5. The molecule has 0 fully saturated rings. The number of hydrogen-bond donors (Lipinski definition) is 0. The fourth-order valence-electron chi connectivity index (χ4n) is 1.54. The first-order valence-electron chi connectivity index (χ1n) is 5.61. The molecule has 0 aliphatic rings. The van der Waals surface area contributed by atoms with Gasteiger partial charge in [0, 0.05) is 6.07 Å². The lowest BCUT2D eigenvalue weighted by atomic mass is 10.2. The van der Waals surface area contributed by atoms with Gasteiger partial charge in [0.2, 0.25) is 0 Å². The molecule has 0 bridgehead atoms. The molecule has 0 heterocycles. The molecule has 0 aliphatic carbocycles. The van der Waals surface area contributed by atoms with Crippen LogP contribution in [0.3, 0.4) is 0 Å². The van der Waals surface area contributed by atoms with Crippen LogP contribution in [0.25, 0.3) is 0 Å². The summed E-state index contributed by atoms with van der Waals surface area (Å²) in [6, 6.07) is 4.74. The highest BCUT2D eigenvalue weighted by atomic mass is 35.5. The van der Waals surface area contributed by atoms with Gasteiger partial charge in [-0.15, -0.1) is 0 Å². The van der Waals surface area contributed by atoms with Crippen LogP contribution in [-0.4, -0.2) is 14.4 Å². The summed E-state index contributed by atoms with van der Waals surface area (Å²) < 4.78 is 54.8. The van der Waals surface area contributed by atoms with Crippen molar-refractivity contribution >= 4 is 27.7 Å². The molecule has 0 amide bonds. The van der Waals surface area contributed by atoms with Crippen molar-refractivity contribution in [2.45, 2.75) is 4.90 Å². The predicted octanol–water partition coefficient (Wildman–Crippen LogP) is 1.75. The molecule has 0 spiro atoms. The van der Waals surface area contributed by atoms with Crippen molar-refractivity contribution in [1.29, 1.82) is 0 Å². The molecule has 0 unspecified atom stereocenters. The summed E-state index contributed by atoms with van der Waals surface area (Å²) in [6.07, 6.45) is 0. The van der Waals surface area contributed by atoms with Crippen LogP contribution >= 0.6 is 11.6 Å². The third-order valence-corrected chi connectivity index (χ3v) is 4.09. The van der Waals surface area contributed by atoms with E-state index in [9.17, 15) is 27.1 Å². The van der Waals surface area contributed by atoms with E-state index in [0.717, 1.165) is 24.3 Å². The predicted molar refractivity (Wildman–Crippen MR) is 70.0 cm³/mol. The van der Waals surface area contributed by atoms with Gasteiger partial charge in [-0.1, -0.05) is 11.6 Å². The van der Waals surface area contributed by atoms with Gasteiger partial charge in [-0.2, -0.15) is 8.42 Å². The van der Waals surface area contributed by atoms with Crippen molar-refractivity contribution in [3.05, 3.63) is 58.6 Å². The largest absolute Gasteiger partial charge is 0.545 e. The molecule has 116 valence electrons. The second-order valence-electron chi connectivity index (χ2n) is 4.04. The van der Waals surface area contributed by atoms with E-state index < -0.39 is 38.4 Å². The Morgan fingerprint density at radius 1 is 1.14 bits per heavy atom. The van der Waals surface area contributed by atoms with E-state index >= 15 is 0 Å². The molecule has 0 atom stereocenters. The normalized spacial score (nSPS) is 11.2. The fourth-order valence-corrected chi connectivity index (χ4v) is 2.81. The van der Waals surface area contributed by atoms with Crippen LogP contribution < -0.4 is 9.29 Å². The molecule has 9 heteroatoms. The minimum absolute atomic E-state index is 0.289. The highest BCUT2D eigenvalue weighted by Crippen LogP contribution is 2.29. The third-order valence-electron chi connectivity index (χ3n) is 2.53. The van der Waals surface area contributed by atoms with E-state index in [-0.39, 0.29) is 10.6 Å². The number of halogens is 3. The summed E-state index contributed by atoms with van der Waals surface area (Å²) in [5.74, 6) is -4.20. The van der Waals surface area contributed by atoms with Gasteiger partial charge in [-0.3, -0.25) is 0 Å². The maximum Gasteiger partial charge on any atom is 0.342 e. The van der Waals surface area contributed by atoms with Crippen molar-refractivity contribution in [1.82, 2.24) is 0 Å². The van der Waals surface area contributed by atoms with Crippen molar-refractivity contribution in [2.75, 3.05) is 0 Å². The van der Waals surface area contributed by atoms with Gasteiger partial charge in [0.15, 0.2) is 5.75 Å². The van der Waals surface area contributed by atoms with Crippen LogP contribution in [0.15, 0.2) is 41.3 Å². The average Bonchev–Trinajstić information content (AvgIpc) is 2.40. The van der Waals surface area contributed by atoms with E-state index in [1.807, 2.05) is 0 Å².